The molecule has 0 aliphatic carbocycles. The quantitative estimate of drug-likeness (QED) is 0.759. The monoisotopic (exact) mass is 242 g/mol. The maximum Gasteiger partial charge on any atom is 0.311 e. The molecule has 98 valence electrons. The summed E-state index contributed by atoms with van der Waals surface area (Å²) in [5.41, 5.74) is 5.05. The number of carboxylic acid groups (broad SMARTS) is 1. The number of carbonyl (C=O) groups is 2. The van der Waals surface area contributed by atoms with E-state index in [1.54, 1.807) is 11.8 Å². The summed E-state index contributed by atoms with van der Waals surface area (Å²) in [6.45, 7) is 6.45. The van der Waals surface area contributed by atoms with Crippen LogP contribution in [-0.2, 0) is 9.59 Å². The highest BCUT2D eigenvalue weighted by Crippen LogP contribution is 2.30. The van der Waals surface area contributed by atoms with E-state index in [9.17, 15) is 9.59 Å². The normalized spacial score (nSPS) is 26.3. The summed E-state index contributed by atoms with van der Waals surface area (Å²) in [4.78, 5) is 24.6. The first kappa shape index (κ1) is 14.0. The number of carboxylic acids is 1. The number of carbonyl (C=O) groups excluding carboxylic acids is 1. The van der Waals surface area contributed by atoms with E-state index < -0.39 is 11.4 Å². The van der Waals surface area contributed by atoms with E-state index in [0.717, 1.165) is 0 Å². The van der Waals surface area contributed by atoms with Gasteiger partial charge < -0.3 is 15.7 Å². The molecule has 0 aromatic rings. The van der Waals surface area contributed by atoms with E-state index in [1.165, 1.54) is 0 Å². The fourth-order valence-corrected chi connectivity index (χ4v) is 1.91. The number of hydrogen-bond donors (Lipinski definition) is 2. The molecule has 2 unspecified atom stereocenters. The van der Waals surface area contributed by atoms with Gasteiger partial charge in [0.25, 0.3) is 0 Å². The third-order valence-corrected chi connectivity index (χ3v) is 3.61. The summed E-state index contributed by atoms with van der Waals surface area (Å²) in [7, 11) is 0. The molecule has 0 aromatic heterocycles. The summed E-state index contributed by atoms with van der Waals surface area (Å²) >= 11 is 0. The van der Waals surface area contributed by atoms with Crippen molar-refractivity contribution in [3.8, 4) is 0 Å². The van der Waals surface area contributed by atoms with Gasteiger partial charge in [0.15, 0.2) is 0 Å². The summed E-state index contributed by atoms with van der Waals surface area (Å²) in [5.74, 6) is -0.607. The van der Waals surface area contributed by atoms with Gasteiger partial charge in [0.1, 0.15) is 0 Å². The van der Waals surface area contributed by atoms with Crippen molar-refractivity contribution in [1.29, 1.82) is 0 Å². The number of likely N-dealkylation sites (tertiary alicyclic amines) is 1. The van der Waals surface area contributed by atoms with E-state index >= 15 is 0 Å². The van der Waals surface area contributed by atoms with Crippen molar-refractivity contribution >= 4 is 11.9 Å². The second-order valence-electron chi connectivity index (χ2n) is 5.54. The van der Waals surface area contributed by atoms with Gasteiger partial charge in [-0.15, -0.1) is 0 Å². The Hall–Kier alpha value is -1.10. The fourth-order valence-electron chi connectivity index (χ4n) is 1.91. The van der Waals surface area contributed by atoms with Crippen LogP contribution in [0.5, 0.6) is 0 Å². The van der Waals surface area contributed by atoms with E-state index in [2.05, 4.69) is 0 Å². The molecule has 0 spiro atoms. The summed E-state index contributed by atoms with van der Waals surface area (Å²) in [6.07, 6.45) is 0.818. The molecule has 5 nitrogen and oxygen atoms in total. The lowest BCUT2D eigenvalue weighted by atomic mass is 9.90. The molecule has 5 heteroatoms. The predicted molar refractivity (Wildman–Crippen MR) is 64.4 cm³/mol. The lowest BCUT2D eigenvalue weighted by molar-refractivity contribution is -0.147. The van der Waals surface area contributed by atoms with Gasteiger partial charge in [-0.1, -0.05) is 13.8 Å². The summed E-state index contributed by atoms with van der Waals surface area (Å²) < 4.78 is 0. The summed E-state index contributed by atoms with van der Waals surface area (Å²) in [5, 5.41) is 9.08. The number of nitrogens with zero attached hydrogens (tertiary/aromatic N) is 1. The topological polar surface area (TPSA) is 83.6 Å². The van der Waals surface area contributed by atoms with Crippen molar-refractivity contribution in [3.63, 3.8) is 0 Å². The van der Waals surface area contributed by atoms with Gasteiger partial charge in [-0.3, -0.25) is 9.59 Å². The van der Waals surface area contributed by atoms with Crippen molar-refractivity contribution < 1.29 is 14.7 Å². The number of nitrogens with two attached hydrogens (primary N) is 1. The number of rotatable bonds is 4. The molecule has 3 N–H and O–H groups in total. The molecule has 1 aliphatic heterocycles. The van der Waals surface area contributed by atoms with Gasteiger partial charge in [-0.25, -0.2) is 0 Å². The highest BCUT2D eigenvalue weighted by atomic mass is 16.4. The van der Waals surface area contributed by atoms with Crippen LogP contribution in [0.4, 0.5) is 0 Å². The molecular formula is C12H22N2O3. The minimum atomic E-state index is -0.832. The van der Waals surface area contributed by atoms with Crippen molar-refractivity contribution in [1.82, 2.24) is 4.90 Å². The molecule has 0 bridgehead atoms. The van der Waals surface area contributed by atoms with E-state index in [4.69, 9.17) is 10.8 Å². The fraction of sp³-hybridized carbons (Fsp3) is 0.833. The molecule has 0 radical (unpaired) electrons. The second kappa shape index (κ2) is 5.04. The van der Waals surface area contributed by atoms with E-state index in [-0.39, 0.29) is 17.9 Å². The van der Waals surface area contributed by atoms with Gasteiger partial charge in [-0.05, 0) is 19.3 Å². The number of amides is 1. The predicted octanol–water partition coefficient (Wildman–Crippen LogP) is 0.683. The van der Waals surface area contributed by atoms with Crippen LogP contribution in [0.3, 0.4) is 0 Å². The molecule has 2 atom stereocenters. The van der Waals surface area contributed by atoms with Crippen LogP contribution in [0.1, 0.15) is 33.6 Å². The largest absolute Gasteiger partial charge is 0.481 e. The Morgan fingerprint density at radius 2 is 2.06 bits per heavy atom. The third kappa shape index (κ3) is 3.19. The number of aliphatic carboxylic acids is 1. The Balaban J connectivity index is 2.54. The zero-order valence-electron chi connectivity index (χ0n) is 10.8. The number of hydrogen-bond acceptors (Lipinski definition) is 3. The maximum atomic E-state index is 11.9. The molecule has 1 rings (SSSR count). The van der Waals surface area contributed by atoms with Crippen molar-refractivity contribution in [2.45, 2.75) is 39.7 Å². The Morgan fingerprint density at radius 1 is 1.47 bits per heavy atom. The molecule has 0 saturated carbocycles. The summed E-state index contributed by atoms with van der Waals surface area (Å²) in [6, 6.07) is -0.154. The van der Waals surface area contributed by atoms with Crippen LogP contribution in [0.2, 0.25) is 0 Å². The van der Waals surface area contributed by atoms with Crippen molar-refractivity contribution in [2.24, 2.45) is 17.1 Å². The SMILES string of the molecule is CC(C)C(N)CC(=O)N1CCC(C)(C(=O)O)C1. The average molecular weight is 242 g/mol. The highest BCUT2D eigenvalue weighted by Gasteiger charge is 2.42. The molecule has 17 heavy (non-hydrogen) atoms. The first-order chi connectivity index (χ1) is 7.76. The molecule has 1 amide bonds. The maximum absolute atomic E-state index is 11.9. The van der Waals surface area contributed by atoms with Crippen LogP contribution < -0.4 is 5.73 Å². The first-order valence-corrected chi connectivity index (χ1v) is 6.03. The average Bonchev–Trinajstić information content (AvgIpc) is 2.62. The van der Waals surface area contributed by atoms with Crippen LogP contribution >= 0.6 is 0 Å². The minimum Gasteiger partial charge on any atom is -0.481 e. The first-order valence-electron chi connectivity index (χ1n) is 6.03. The zero-order valence-corrected chi connectivity index (χ0v) is 10.8. The lowest BCUT2D eigenvalue weighted by Crippen LogP contribution is -2.39. The molecule has 1 heterocycles. The van der Waals surface area contributed by atoms with E-state index in [1.807, 2.05) is 13.8 Å². The smallest absolute Gasteiger partial charge is 0.311 e. The van der Waals surface area contributed by atoms with Crippen LogP contribution in [0.15, 0.2) is 0 Å². The van der Waals surface area contributed by atoms with Crippen LogP contribution in [-0.4, -0.2) is 41.0 Å². The minimum absolute atomic E-state index is 0.0313. The lowest BCUT2D eigenvalue weighted by Gasteiger charge is -2.22. The van der Waals surface area contributed by atoms with Crippen LogP contribution in [0.25, 0.3) is 0 Å². The van der Waals surface area contributed by atoms with Gasteiger partial charge in [0, 0.05) is 25.6 Å². The van der Waals surface area contributed by atoms with Gasteiger partial charge >= 0.3 is 5.97 Å². The Kier molecular flexibility index (Phi) is 4.14. The third-order valence-electron chi connectivity index (χ3n) is 3.61. The Labute approximate surface area is 102 Å². The Bertz CT molecular complexity index is 317. The molecule has 0 aromatic carbocycles. The zero-order chi connectivity index (χ0) is 13.2. The van der Waals surface area contributed by atoms with Gasteiger partial charge in [0.05, 0.1) is 5.41 Å². The van der Waals surface area contributed by atoms with Crippen LogP contribution in [0, 0.1) is 11.3 Å². The highest BCUT2D eigenvalue weighted by molar-refractivity contribution is 5.80. The Morgan fingerprint density at radius 3 is 2.47 bits per heavy atom. The molecule has 1 fully saturated rings. The van der Waals surface area contributed by atoms with E-state index in [0.29, 0.717) is 25.9 Å². The van der Waals surface area contributed by atoms with Gasteiger partial charge in [0.2, 0.25) is 5.91 Å². The molecule has 1 saturated heterocycles. The van der Waals surface area contributed by atoms with Crippen molar-refractivity contribution in [3.05, 3.63) is 0 Å². The molecule has 1 aliphatic rings. The second-order valence-corrected chi connectivity index (χ2v) is 5.54. The van der Waals surface area contributed by atoms with Gasteiger partial charge in [-0.2, -0.15) is 0 Å². The standard InChI is InChI=1S/C12H22N2O3/c1-8(2)9(13)6-10(15)14-5-4-12(3,7-14)11(16)17/h8-9H,4-7,13H2,1-3H3,(H,16,17). The van der Waals surface area contributed by atoms with Crippen molar-refractivity contribution in [2.75, 3.05) is 13.1 Å². The molecular weight excluding hydrogens is 220 g/mol.